The summed E-state index contributed by atoms with van der Waals surface area (Å²) in [7, 11) is 0. The molecule has 1 aliphatic heterocycles. The Balaban J connectivity index is 1.42. The highest BCUT2D eigenvalue weighted by Crippen LogP contribution is 2.23. The molecule has 1 aliphatic rings. The van der Waals surface area contributed by atoms with E-state index >= 15 is 0 Å². The average Bonchev–Trinajstić information content (AvgIpc) is 2.97. The second-order valence-electron chi connectivity index (χ2n) is 6.10. The van der Waals surface area contributed by atoms with Crippen LogP contribution in [0.15, 0.2) is 60.7 Å². The molecule has 0 aliphatic carbocycles. The molecule has 0 radical (unpaired) electrons. The zero-order chi connectivity index (χ0) is 16.6. The minimum atomic E-state index is -0.494. The lowest BCUT2D eigenvalue weighted by Gasteiger charge is -2.20. The molecule has 128 valence electrons. The first-order valence-electron chi connectivity index (χ1n) is 8.36. The van der Waals surface area contributed by atoms with E-state index in [-0.39, 0.29) is 12.0 Å². The van der Waals surface area contributed by atoms with Gasteiger partial charge in [0, 0.05) is 5.92 Å². The molecule has 1 fully saturated rings. The summed E-state index contributed by atoms with van der Waals surface area (Å²) in [5.41, 5.74) is 2.26. The second-order valence-corrected chi connectivity index (χ2v) is 6.10. The molecule has 4 heteroatoms. The summed E-state index contributed by atoms with van der Waals surface area (Å²) < 4.78 is 17.2. The van der Waals surface area contributed by atoms with Gasteiger partial charge < -0.3 is 19.3 Å². The minimum Gasteiger partial charge on any atom is -0.390 e. The Hall–Kier alpha value is -1.72. The van der Waals surface area contributed by atoms with Crippen LogP contribution in [0.4, 0.5) is 0 Å². The number of hydrogen-bond donors (Lipinski definition) is 1. The first-order chi connectivity index (χ1) is 11.8. The molecule has 0 saturated carbocycles. The first-order valence-corrected chi connectivity index (χ1v) is 8.36. The van der Waals surface area contributed by atoms with Crippen molar-refractivity contribution < 1.29 is 19.3 Å². The normalized spacial score (nSPS) is 23.5. The molecule has 2 aromatic carbocycles. The Kier molecular flexibility index (Phi) is 6.38. The fourth-order valence-electron chi connectivity index (χ4n) is 2.86. The van der Waals surface area contributed by atoms with Gasteiger partial charge in [-0.1, -0.05) is 60.7 Å². The number of aliphatic hydroxyl groups is 1. The van der Waals surface area contributed by atoms with E-state index in [1.54, 1.807) is 0 Å². The smallest absolute Gasteiger partial charge is 0.0885 e. The fourth-order valence-corrected chi connectivity index (χ4v) is 2.86. The van der Waals surface area contributed by atoms with Crippen molar-refractivity contribution >= 4 is 0 Å². The van der Waals surface area contributed by atoms with Crippen molar-refractivity contribution in [3.63, 3.8) is 0 Å². The Morgan fingerprint density at radius 2 is 1.38 bits per heavy atom. The van der Waals surface area contributed by atoms with Crippen LogP contribution in [0.2, 0.25) is 0 Å². The zero-order valence-electron chi connectivity index (χ0n) is 13.7. The van der Waals surface area contributed by atoms with E-state index < -0.39 is 6.10 Å². The summed E-state index contributed by atoms with van der Waals surface area (Å²) in [5.74, 6) is -0.0514. The van der Waals surface area contributed by atoms with Crippen molar-refractivity contribution in [3.8, 4) is 0 Å². The topological polar surface area (TPSA) is 47.9 Å². The van der Waals surface area contributed by atoms with E-state index in [4.69, 9.17) is 14.2 Å². The third-order valence-corrected chi connectivity index (χ3v) is 4.27. The predicted molar refractivity (Wildman–Crippen MR) is 91.4 cm³/mol. The van der Waals surface area contributed by atoms with Gasteiger partial charge >= 0.3 is 0 Å². The van der Waals surface area contributed by atoms with Crippen LogP contribution in [0.5, 0.6) is 0 Å². The van der Waals surface area contributed by atoms with Gasteiger partial charge in [0.25, 0.3) is 0 Å². The van der Waals surface area contributed by atoms with Crippen molar-refractivity contribution in [1.82, 2.24) is 0 Å². The van der Waals surface area contributed by atoms with Crippen molar-refractivity contribution in [1.29, 1.82) is 0 Å². The van der Waals surface area contributed by atoms with Gasteiger partial charge in [-0.05, 0) is 11.1 Å². The number of benzene rings is 2. The summed E-state index contributed by atoms with van der Waals surface area (Å²) in [6.45, 7) is 2.37. The van der Waals surface area contributed by atoms with Crippen molar-refractivity contribution in [2.45, 2.75) is 25.4 Å². The molecule has 0 spiro atoms. The summed E-state index contributed by atoms with van der Waals surface area (Å²) in [6.07, 6.45) is -0.620. The maximum atomic E-state index is 10.1. The molecule has 3 atom stereocenters. The third kappa shape index (κ3) is 4.89. The largest absolute Gasteiger partial charge is 0.390 e. The van der Waals surface area contributed by atoms with E-state index in [9.17, 15) is 5.11 Å². The Morgan fingerprint density at radius 1 is 0.833 bits per heavy atom. The highest BCUT2D eigenvalue weighted by Gasteiger charge is 2.36. The van der Waals surface area contributed by atoms with Gasteiger partial charge in [0.1, 0.15) is 0 Å². The van der Waals surface area contributed by atoms with Gasteiger partial charge in [-0.15, -0.1) is 0 Å². The number of hydrogen-bond acceptors (Lipinski definition) is 4. The van der Waals surface area contributed by atoms with Crippen LogP contribution in [-0.2, 0) is 27.4 Å². The van der Waals surface area contributed by atoms with E-state index in [1.165, 1.54) is 0 Å². The molecular weight excluding hydrogens is 304 g/mol. The molecular formula is C20H24O4. The molecule has 0 bridgehead atoms. The Morgan fingerprint density at radius 3 is 1.96 bits per heavy atom. The fraction of sp³-hybridized carbons (Fsp3) is 0.400. The molecule has 1 saturated heterocycles. The molecule has 0 aromatic heterocycles. The van der Waals surface area contributed by atoms with Gasteiger partial charge in [0.05, 0.1) is 45.2 Å². The lowest BCUT2D eigenvalue weighted by molar-refractivity contribution is -0.0264. The molecule has 3 rings (SSSR count). The van der Waals surface area contributed by atoms with Crippen LogP contribution in [0.25, 0.3) is 0 Å². The van der Waals surface area contributed by atoms with Gasteiger partial charge in [-0.3, -0.25) is 0 Å². The van der Waals surface area contributed by atoms with Gasteiger partial charge in [0.2, 0.25) is 0 Å². The van der Waals surface area contributed by atoms with Gasteiger partial charge in [-0.2, -0.15) is 0 Å². The van der Waals surface area contributed by atoms with E-state index in [1.807, 2.05) is 60.7 Å². The van der Waals surface area contributed by atoms with Crippen molar-refractivity contribution in [2.75, 3.05) is 19.8 Å². The van der Waals surface area contributed by atoms with Gasteiger partial charge in [0.15, 0.2) is 0 Å². The maximum Gasteiger partial charge on any atom is 0.0885 e. The van der Waals surface area contributed by atoms with Gasteiger partial charge in [-0.25, -0.2) is 0 Å². The average molecular weight is 328 g/mol. The van der Waals surface area contributed by atoms with Crippen LogP contribution >= 0.6 is 0 Å². The highest BCUT2D eigenvalue weighted by molar-refractivity contribution is 5.14. The van der Waals surface area contributed by atoms with Crippen molar-refractivity contribution in [3.05, 3.63) is 71.8 Å². The SMILES string of the molecule is O[C@H]1COC(COCc2ccccc2)C1COCc1ccccc1. The Bertz CT molecular complexity index is 587. The molecule has 2 aromatic rings. The van der Waals surface area contributed by atoms with Crippen LogP contribution in [0.3, 0.4) is 0 Å². The van der Waals surface area contributed by atoms with Crippen LogP contribution in [0, 0.1) is 5.92 Å². The van der Waals surface area contributed by atoms with Crippen LogP contribution in [0.1, 0.15) is 11.1 Å². The highest BCUT2D eigenvalue weighted by atomic mass is 16.5. The number of ether oxygens (including phenoxy) is 3. The monoisotopic (exact) mass is 328 g/mol. The summed E-state index contributed by atoms with van der Waals surface area (Å²) in [5, 5.41) is 10.1. The maximum absolute atomic E-state index is 10.1. The molecule has 1 heterocycles. The van der Waals surface area contributed by atoms with E-state index in [2.05, 4.69) is 0 Å². The summed E-state index contributed by atoms with van der Waals surface area (Å²) in [6, 6.07) is 20.1. The number of rotatable bonds is 8. The Labute approximate surface area is 143 Å². The quantitative estimate of drug-likeness (QED) is 0.809. The lowest BCUT2D eigenvalue weighted by atomic mass is 10.0. The lowest BCUT2D eigenvalue weighted by Crippen LogP contribution is -2.31. The third-order valence-electron chi connectivity index (χ3n) is 4.27. The molecule has 4 nitrogen and oxygen atoms in total. The standard InChI is InChI=1S/C20H24O4/c21-19-14-24-20(15-23-12-17-9-5-2-6-10-17)18(19)13-22-11-16-7-3-1-4-8-16/h1-10,18-21H,11-15H2/t18?,19-,20?/m0/s1. The summed E-state index contributed by atoms with van der Waals surface area (Å²) in [4.78, 5) is 0. The predicted octanol–water partition coefficient (Wildman–Crippen LogP) is 2.80. The molecule has 0 amide bonds. The first kappa shape index (κ1) is 17.1. The van der Waals surface area contributed by atoms with Crippen LogP contribution in [-0.4, -0.2) is 37.1 Å². The molecule has 24 heavy (non-hydrogen) atoms. The van der Waals surface area contributed by atoms with E-state index in [0.717, 1.165) is 11.1 Å². The minimum absolute atomic E-state index is 0.0514. The molecule has 1 N–H and O–H groups in total. The van der Waals surface area contributed by atoms with E-state index in [0.29, 0.717) is 33.0 Å². The zero-order valence-corrected chi connectivity index (χ0v) is 13.7. The molecule has 2 unspecified atom stereocenters. The van der Waals surface area contributed by atoms with Crippen molar-refractivity contribution in [2.24, 2.45) is 5.92 Å². The number of aliphatic hydroxyl groups excluding tert-OH is 1. The van der Waals surface area contributed by atoms with Crippen LogP contribution < -0.4 is 0 Å². The summed E-state index contributed by atoms with van der Waals surface area (Å²) >= 11 is 0. The second kappa shape index (κ2) is 8.94.